The highest BCUT2D eigenvalue weighted by molar-refractivity contribution is 14.1. The third-order valence-corrected chi connectivity index (χ3v) is 14.3. The molecule has 70 heavy (non-hydrogen) atoms. The lowest BCUT2D eigenvalue weighted by Crippen LogP contribution is -2.38. The van der Waals surface area contributed by atoms with E-state index in [-0.39, 0.29) is 0 Å². The molecule has 10 rings (SSSR count). The van der Waals surface area contributed by atoms with Crippen molar-refractivity contribution in [3.8, 4) is 0 Å². The van der Waals surface area contributed by atoms with E-state index in [0.29, 0.717) is 10.3 Å². The molecular weight excluding hydrogens is 1130 g/mol. The molecule has 0 atom stereocenters. The van der Waals surface area contributed by atoms with Crippen LogP contribution in [0.3, 0.4) is 0 Å². The van der Waals surface area contributed by atoms with Gasteiger partial charge in [-0.2, -0.15) is 10.2 Å². The molecule has 0 fully saturated rings. The highest BCUT2D eigenvalue weighted by atomic mass is 127. The third-order valence-electron chi connectivity index (χ3n) is 12.4. The van der Waals surface area contributed by atoms with Gasteiger partial charge >= 0.3 is 0 Å². The van der Waals surface area contributed by atoms with Crippen LogP contribution in [0, 0.1) is 7.40 Å². The van der Waals surface area contributed by atoms with E-state index >= 15 is 0 Å². The Balaban J connectivity index is 0.000000174. The predicted molar refractivity (Wildman–Crippen MR) is 305 cm³/mol. The van der Waals surface area contributed by atoms with Crippen molar-refractivity contribution >= 4 is 96.3 Å². The highest BCUT2D eigenvalue weighted by Gasteiger charge is 2.42. The van der Waals surface area contributed by atoms with Crippen LogP contribution in [0.5, 0.6) is 0 Å². The number of aromatic nitrogens is 6. The van der Waals surface area contributed by atoms with Crippen LogP contribution in [0.2, 0.25) is 10.3 Å². The molecule has 0 spiro atoms. The van der Waals surface area contributed by atoms with Crippen molar-refractivity contribution in [1.82, 2.24) is 39.7 Å². The Labute approximate surface area is 446 Å². The van der Waals surface area contributed by atoms with Gasteiger partial charge in [-0.3, -0.25) is 0 Å². The number of halogens is 4. The fourth-order valence-corrected chi connectivity index (χ4v) is 11.4. The Morgan fingerprint density at radius 3 is 1.23 bits per heavy atom. The summed E-state index contributed by atoms with van der Waals surface area (Å²) >= 11 is 17.9. The molecule has 0 amide bonds. The van der Waals surface area contributed by atoms with E-state index in [1.165, 1.54) is 0 Å². The number of benzene rings is 6. The fraction of sp³-hybridized carbons (Fsp3) is 0.138. The van der Waals surface area contributed by atoms with Gasteiger partial charge in [-0.05, 0) is 91.2 Å². The van der Waals surface area contributed by atoms with Gasteiger partial charge in [0.25, 0.3) is 0 Å². The Hall–Kier alpha value is -5.90. The van der Waals surface area contributed by atoms with E-state index in [2.05, 4.69) is 236 Å². The number of pyridine rings is 2. The molecule has 4 aromatic heterocycles. The first-order valence-corrected chi connectivity index (χ1v) is 26.0. The van der Waals surface area contributed by atoms with E-state index in [0.717, 1.165) is 93.5 Å². The molecule has 8 nitrogen and oxygen atoms in total. The molecule has 12 heteroatoms. The lowest BCUT2D eigenvalue weighted by atomic mass is 9.77. The number of hydrogen-bond acceptors (Lipinski definition) is 6. The molecule has 0 aliphatic rings. The first-order valence-electron chi connectivity index (χ1n) is 23.1. The first kappa shape index (κ1) is 49.1. The Morgan fingerprint density at radius 2 is 0.871 bits per heavy atom. The zero-order chi connectivity index (χ0) is 48.7. The van der Waals surface area contributed by atoms with Crippen molar-refractivity contribution in [2.75, 3.05) is 27.2 Å². The van der Waals surface area contributed by atoms with Crippen molar-refractivity contribution < 1.29 is 0 Å². The highest BCUT2D eigenvalue weighted by Crippen LogP contribution is 2.45. The van der Waals surface area contributed by atoms with Crippen molar-refractivity contribution in [2.24, 2.45) is 0 Å². The lowest BCUT2D eigenvalue weighted by Gasteiger charge is -2.37. The molecule has 10 aromatic rings. The van der Waals surface area contributed by atoms with Crippen LogP contribution < -0.4 is 5.32 Å². The molecule has 0 bridgehead atoms. The summed E-state index contributed by atoms with van der Waals surface area (Å²) in [6.07, 6.45) is 4.74. The minimum absolute atomic E-state index is 0.427. The second kappa shape index (κ2) is 22.0. The maximum absolute atomic E-state index is 6.63. The summed E-state index contributed by atoms with van der Waals surface area (Å²) in [7, 11) is 3.97. The number of rotatable bonds is 14. The van der Waals surface area contributed by atoms with Crippen molar-refractivity contribution in [2.45, 2.75) is 24.4 Å². The van der Waals surface area contributed by atoms with Gasteiger partial charge < -0.3 is 10.2 Å². The van der Waals surface area contributed by atoms with Gasteiger partial charge in [-0.25, -0.2) is 19.3 Å². The van der Waals surface area contributed by atoms with Gasteiger partial charge in [0.2, 0.25) is 0 Å². The summed E-state index contributed by atoms with van der Waals surface area (Å²) in [6, 6.07) is 67.2. The van der Waals surface area contributed by atoms with E-state index in [9.17, 15) is 0 Å². The maximum atomic E-state index is 6.63. The normalized spacial score (nSPS) is 11.8. The van der Waals surface area contributed by atoms with Gasteiger partial charge in [-0.15, -0.1) is 0 Å². The zero-order valence-electron chi connectivity index (χ0n) is 38.9. The molecule has 0 aliphatic heterocycles. The third kappa shape index (κ3) is 9.51. The van der Waals surface area contributed by atoms with Crippen molar-refractivity contribution in [3.63, 3.8) is 0 Å². The second-order valence-electron chi connectivity index (χ2n) is 16.9. The van der Waals surface area contributed by atoms with Crippen LogP contribution >= 0.6 is 68.4 Å². The summed E-state index contributed by atoms with van der Waals surface area (Å²) < 4.78 is 6.05. The van der Waals surface area contributed by atoms with Crippen LogP contribution in [-0.4, -0.2) is 61.6 Å². The van der Waals surface area contributed by atoms with Crippen LogP contribution in [0.1, 0.15) is 51.7 Å². The first-order chi connectivity index (χ1) is 34.2. The van der Waals surface area contributed by atoms with Crippen molar-refractivity contribution in [3.05, 3.63) is 263 Å². The molecule has 0 unspecified atom stereocenters. The number of likely N-dealkylation sites (N-methyl/N-ethyl adjacent to an activating group) is 1. The fourth-order valence-electron chi connectivity index (χ4n) is 9.45. The minimum atomic E-state index is -0.724. The SMILES string of the molecule is CCNCCc1nc(Cl)cc2c1c(I)nn2C(c1ccccc1)(c1ccccc1)c1ccccc1.CN(C)/C=C/c1nc(Cl)cc2c1c(I)nn2C(c1ccccc1)(c1ccccc1)c1ccccc1. The molecule has 0 aliphatic carbocycles. The van der Waals surface area contributed by atoms with Gasteiger partial charge in [-0.1, -0.05) is 212 Å². The average Bonchev–Trinajstić information content (AvgIpc) is 3.91. The summed E-state index contributed by atoms with van der Waals surface area (Å²) in [5.41, 5.74) is 8.92. The zero-order valence-corrected chi connectivity index (χ0v) is 44.7. The Bertz CT molecular complexity index is 3160. The van der Waals surface area contributed by atoms with E-state index < -0.39 is 11.1 Å². The quantitative estimate of drug-likeness (QED) is 0.0506. The van der Waals surface area contributed by atoms with Crippen LogP contribution in [0.25, 0.3) is 27.9 Å². The van der Waals surface area contributed by atoms with Gasteiger partial charge in [0.05, 0.1) is 33.2 Å². The smallest absolute Gasteiger partial charge is 0.138 e. The number of nitrogens with zero attached hydrogens (tertiary/aromatic N) is 7. The Kier molecular flexibility index (Phi) is 15.5. The van der Waals surface area contributed by atoms with E-state index in [4.69, 9.17) is 38.4 Å². The predicted octanol–water partition coefficient (Wildman–Crippen LogP) is 13.7. The molecular formula is C58H50Cl2I2N8. The average molecular weight is 1180 g/mol. The van der Waals surface area contributed by atoms with Gasteiger partial charge in [0, 0.05) is 45.4 Å². The van der Waals surface area contributed by atoms with E-state index in [1.54, 1.807) is 0 Å². The summed E-state index contributed by atoms with van der Waals surface area (Å²) in [5.74, 6) is 0. The maximum Gasteiger partial charge on any atom is 0.138 e. The Morgan fingerprint density at radius 1 is 0.529 bits per heavy atom. The largest absolute Gasteiger partial charge is 0.383 e. The van der Waals surface area contributed by atoms with E-state index in [1.807, 2.05) is 61.6 Å². The van der Waals surface area contributed by atoms with Crippen molar-refractivity contribution in [1.29, 1.82) is 0 Å². The topological polar surface area (TPSA) is 76.7 Å². The molecule has 6 aromatic carbocycles. The standard InChI is InChI=1S/C29H24ClIN4.C29H26ClIN4/c1-34(2)19-18-24-27-25(20-26(30)32-24)35(33-28(27)31)29(21-12-6-3-7-13-21,22-14-8-4-9-15-22)23-16-10-5-11-17-23;1-2-32-19-18-24-27-25(20-26(30)33-24)35(34-28(27)31)29(21-12-6-3-7-13-21,22-14-8-4-9-15-22)23-16-10-5-11-17-23/h3-20H,1-2H3;3-17,20,32H,2,18-19H2,1H3/b19-18+;. The summed E-state index contributed by atoms with van der Waals surface area (Å²) in [6.45, 7) is 3.86. The number of hydrogen-bond donors (Lipinski definition) is 1. The minimum Gasteiger partial charge on any atom is -0.383 e. The van der Waals surface area contributed by atoms with Crippen LogP contribution in [0.15, 0.2) is 200 Å². The monoisotopic (exact) mass is 1180 g/mol. The summed E-state index contributed by atoms with van der Waals surface area (Å²) in [4.78, 5) is 11.3. The van der Waals surface area contributed by atoms with Crippen LogP contribution in [0.4, 0.5) is 0 Å². The van der Waals surface area contributed by atoms with Gasteiger partial charge in [0.1, 0.15) is 28.8 Å². The molecule has 1 N–H and O–H groups in total. The van der Waals surface area contributed by atoms with Gasteiger partial charge in [0.15, 0.2) is 0 Å². The van der Waals surface area contributed by atoms with Crippen LogP contribution in [-0.2, 0) is 17.5 Å². The molecule has 0 saturated heterocycles. The number of fused-ring (bicyclic) bond motifs is 2. The number of nitrogens with one attached hydrogen (secondary N) is 1. The molecule has 0 radical (unpaired) electrons. The molecule has 4 heterocycles. The lowest BCUT2D eigenvalue weighted by molar-refractivity contribution is 0.473. The second-order valence-corrected chi connectivity index (χ2v) is 19.7. The summed E-state index contributed by atoms with van der Waals surface area (Å²) in [5, 5.41) is 16.7. The molecule has 350 valence electrons. The molecule has 0 saturated carbocycles.